The SMILES string of the molecule is CC(C)(C)OC(=O)N1CCC(C(=O)OCC(=O)NCCc2c[nH]c3ccccc23)CC1. The zero-order valence-corrected chi connectivity index (χ0v) is 18.4. The van der Waals surface area contributed by atoms with E-state index in [1.54, 1.807) is 4.90 Å². The van der Waals surface area contributed by atoms with Gasteiger partial charge in [-0.25, -0.2) is 4.79 Å². The fraction of sp³-hybridized carbons (Fsp3) is 0.522. The molecule has 3 rings (SSSR count). The average Bonchev–Trinajstić information content (AvgIpc) is 3.14. The van der Waals surface area contributed by atoms with E-state index < -0.39 is 11.6 Å². The Balaban J connectivity index is 1.34. The van der Waals surface area contributed by atoms with Crippen LogP contribution in [0.3, 0.4) is 0 Å². The quantitative estimate of drug-likeness (QED) is 0.688. The maximum atomic E-state index is 12.3. The highest BCUT2D eigenvalue weighted by Gasteiger charge is 2.30. The summed E-state index contributed by atoms with van der Waals surface area (Å²) in [5, 5.41) is 3.93. The van der Waals surface area contributed by atoms with E-state index >= 15 is 0 Å². The molecule has 0 saturated carbocycles. The molecule has 0 unspecified atom stereocenters. The number of piperidine rings is 1. The maximum Gasteiger partial charge on any atom is 0.410 e. The smallest absolute Gasteiger partial charge is 0.410 e. The summed E-state index contributed by atoms with van der Waals surface area (Å²) in [5.41, 5.74) is 1.65. The lowest BCUT2D eigenvalue weighted by molar-refractivity contribution is -0.154. The van der Waals surface area contributed by atoms with E-state index in [0.717, 1.165) is 16.5 Å². The van der Waals surface area contributed by atoms with Gasteiger partial charge in [-0.1, -0.05) is 18.2 Å². The summed E-state index contributed by atoms with van der Waals surface area (Å²) >= 11 is 0. The van der Waals surface area contributed by atoms with Gasteiger partial charge in [-0.2, -0.15) is 0 Å². The Hall–Kier alpha value is -3.03. The van der Waals surface area contributed by atoms with Crippen LogP contribution in [-0.4, -0.2) is 59.7 Å². The van der Waals surface area contributed by atoms with Crippen molar-refractivity contribution in [1.29, 1.82) is 0 Å². The molecule has 1 aromatic carbocycles. The normalized spacial score (nSPS) is 15.0. The molecule has 0 radical (unpaired) electrons. The van der Waals surface area contributed by atoms with Crippen molar-refractivity contribution < 1.29 is 23.9 Å². The molecule has 1 aromatic heterocycles. The van der Waals surface area contributed by atoms with E-state index in [1.165, 1.54) is 0 Å². The Morgan fingerprint density at radius 2 is 1.87 bits per heavy atom. The minimum atomic E-state index is -0.547. The summed E-state index contributed by atoms with van der Waals surface area (Å²) in [6, 6.07) is 8.00. The van der Waals surface area contributed by atoms with Gasteiger partial charge in [0, 0.05) is 36.7 Å². The largest absolute Gasteiger partial charge is 0.455 e. The number of carbonyl (C=O) groups excluding carboxylic acids is 3. The fourth-order valence-corrected chi connectivity index (χ4v) is 3.60. The molecule has 1 aliphatic rings. The molecule has 0 spiro atoms. The summed E-state index contributed by atoms with van der Waals surface area (Å²) in [5.74, 6) is -1.02. The van der Waals surface area contributed by atoms with E-state index in [4.69, 9.17) is 9.47 Å². The van der Waals surface area contributed by atoms with E-state index in [1.807, 2.05) is 51.2 Å². The standard InChI is InChI=1S/C23H31N3O5/c1-23(2,3)31-22(29)26-12-9-16(10-13-26)21(28)30-15-20(27)24-11-8-17-14-25-19-7-5-4-6-18(17)19/h4-7,14,16,25H,8-13,15H2,1-3H3,(H,24,27). The van der Waals surface area contributed by atoms with Crippen molar-refractivity contribution in [1.82, 2.24) is 15.2 Å². The number of nitrogens with zero attached hydrogens (tertiary/aromatic N) is 1. The Morgan fingerprint density at radius 1 is 1.16 bits per heavy atom. The molecule has 8 nitrogen and oxygen atoms in total. The summed E-state index contributed by atoms with van der Waals surface area (Å²) in [7, 11) is 0. The first kappa shape index (κ1) is 22.7. The first-order valence-corrected chi connectivity index (χ1v) is 10.7. The molecule has 2 N–H and O–H groups in total. The van der Waals surface area contributed by atoms with E-state index in [2.05, 4.69) is 10.3 Å². The molecular formula is C23H31N3O5. The van der Waals surface area contributed by atoms with Crippen LogP contribution < -0.4 is 5.32 Å². The van der Waals surface area contributed by atoms with Crippen molar-refractivity contribution in [2.45, 2.75) is 45.6 Å². The molecule has 2 aromatic rings. The molecule has 0 atom stereocenters. The highest BCUT2D eigenvalue weighted by atomic mass is 16.6. The zero-order valence-electron chi connectivity index (χ0n) is 18.4. The predicted molar refractivity (Wildman–Crippen MR) is 117 cm³/mol. The Bertz CT molecular complexity index is 923. The van der Waals surface area contributed by atoms with Gasteiger partial charge in [-0.15, -0.1) is 0 Å². The van der Waals surface area contributed by atoms with Gasteiger partial charge in [0.1, 0.15) is 5.60 Å². The third-order valence-corrected chi connectivity index (χ3v) is 5.22. The van der Waals surface area contributed by atoms with Crippen LogP contribution in [0.4, 0.5) is 4.79 Å². The van der Waals surface area contributed by atoms with Crippen molar-refractivity contribution in [3.05, 3.63) is 36.0 Å². The van der Waals surface area contributed by atoms with Gasteiger partial charge < -0.3 is 24.7 Å². The number of fused-ring (bicyclic) bond motifs is 1. The van der Waals surface area contributed by atoms with Crippen LogP contribution in [-0.2, 0) is 25.5 Å². The number of nitrogens with one attached hydrogen (secondary N) is 2. The van der Waals surface area contributed by atoms with Gasteiger partial charge in [0.25, 0.3) is 5.91 Å². The van der Waals surface area contributed by atoms with Crippen molar-refractivity contribution in [2.75, 3.05) is 26.2 Å². The summed E-state index contributed by atoms with van der Waals surface area (Å²) in [4.78, 5) is 41.2. The molecule has 2 amide bonds. The number of esters is 1. The lowest BCUT2D eigenvalue weighted by Crippen LogP contribution is -2.43. The van der Waals surface area contributed by atoms with Crippen LogP contribution in [0.1, 0.15) is 39.2 Å². The number of amides is 2. The number of para-hydroxylation sites is 1. The van der Waals surface area contributed by atoms with E-state index in [0.29, 0.717) is 38.9 Å². The highest BCUT2D eigenvalue weighted by molar-refractivity contribution is 5.83. The minimum Gasteiger partial charge on any atom is -0.455 e. The Morgan fingerprint density at radius 3 is 2.58 bits per heavy atom. The number of hydrogen-bond donors (Lipinski definition) is 2. The van der Waals surface area contributed by atoms with Gasteiger partial charge in [0.2, 0.25) is 0 Å². The number of benzene rings is 1. The molecule has 2 heterocycles. The van der Waals surface area contributed by atoms with E-state index in [-0.39, 0.29) is 24.5 Å². The second kappa shape index (κ2) is 9.85. The Labute approximate surface area is 182 Å². The average molecular weight is 430 g/mol. The van der Waals surface area contributed by atoms with E-state index in [9.17, 15) is 14.4 Å². The van der Waals surface area contributed by atoms with Crippen molar-refractivity contribution >= 4 is 28.9 Å². The zero-order chi connectivity index (χ0) is 22.4. The van der Waals surface area contributed by atoms with Crippen LogP contribution in [0, 0.1) is 5.92 Å². The van der Waals surface area contributed by atoms with Crippen molar-refractivity contribution in [3.8, 4) is 0 Å². The number of H-pyrrole nitrogens is 1. The third kappa shape index (κ3) is 6.47. The number of aromatic nitrogens is 1. The lowest BCUT2D eigenvalue weighted by atomic mass is 9.97. The van der Waals surface area contributed by atoms with Gasteiger partial charge in [-0.05, 0) is 51.7 Å². The highest BCUT2D eigenvalue weighted by Crippen LogP contribution is 2.21. The molecule has 31 heavy (non-hydrogen) atoms. The minimum absolute atomic E-state index is 0.293. The third-order valence-electron chi connectivity index (χ3n) is 5.22. The molecule has 168 valence electrons. The lowest BCUT2D eigenvalue weighted by Gasteiger charge is -2.32. The molecule has 1 saturated heterocycles. The molecule has 1 aliphatic heterocycles. The number of rotatable bonds is 6. The van der Waals surface area contributed by atoms with Gasteiger partial charge >= 0.3 is 12.1 Å². The van der Waals surface area contributed by atoms with Crippen LogP contribution in [0.15, 0.2) is 30.5 Å². The summed E-state index contributed by atoms with van der Waals surface area (Å²) in [6.07, 6.45) is 3.27. The van der Waals surface area contributed by atoms with Crippen LogP contribution in [0.25, 0.3) is 10.9 Å². The second-order valence-corrected chi connectivity index (χ2v) is 8.81. The number of aromatic amines is 1. The molecular weight excluding hydrogens is 398 g/mol. The maximum absolute atomic E-state index is 12.3. The molecule has 1 fully saturated rings. The predicted octanol–water partition coefficient (Wildman–Crippen LogP) is 3.02. The van der Waals surface area contributed by atoms with Gasteiger partial charge in [0.15, 0.2) is 6.61 Å². The number of ether oxygens (including phenoxy) is 2. The van der Waals surface area contributed by atoms with Crippen LogP contribution >= 0.6 is 0 Å². The van der Waals surface area contributed by atoms with Crippen molar-refractivity contribution in [3.63, 3.8) is 0 Å². The van der Waals surface area contributed by atoms with Crippen LogP contribution in [0.2, 0.25) is 0 Å². The number of likely N-dealkylation sites (tertiary alicyclic amines) is 1. The van der Waals surface area contributed by atoms with Crippen LogP contribution in [0.5, 0.6) is 0 Å². The Kier molecular flexibility index (Phi) is 7.20. The molecule has 0 aliphatic carbocycles. The topological polar surface area (TPSA) is 101 Å². The van der Waals surface area contributed by atoms with Crippen molar-refractivity contribution in [2.24, 2.45) is 5.92 Å². The fourth-order valence-electron chi connectivity index (χ4n) is 3.60. The van der Waals surface area contributed by atoms with Gasteiger partial charge in [0.05, 0.1) is 5.92 Å². The molecule has 8 heteroatoms. The van der Waals surface area contributed by atoms with Gasteiger partial charge in [-0.3, -0.25) is 9.59 Å². The first-order chi connectivity index (χ1) is 14.7. The second-order valence-electron chi connectivity index (χ2n) is 8.81. The summed E-state index contributed by atoms with van der Waals surface area (Å²) < 4.78 is 10.5. The molecule has 0 bridgehead atoms. The number of carbonyl (C=O) groups is 3. The summed E-state index contributed by atoms with van der Waals surface area (Å²) in [6.45, 7) is 6.50. The monoisotopic (exact) mass is 429 g/mol. The first-order valence-electron chi connectivity index (χ1n) is 10.7. The number of hydrogen-bond acceptors (Lipinski definition) is 5.